The van der Waals surface area contributed by atoms with E-state index < -0.39 is 5.92 Å². The molecule has 0 radical (unpaired) electrons. The highest BCUT2D eigenvalue weighted by Crippen LogP contribution is 2.27. The molecule has 0 unspecified atom stereocenters. The molecule has 0 spiro atoms. The van der Waals surface area contributed by atoms with Crippen LogP contribution in [0.15, 0.2) is 77.8 Å². The second-order valence-electron chi connectivity index (χ2n) is 7.88. The molecule has 0 aliphatic rings. The number of rotatable bonds is 6. The highest BCUT2D eigenvalue weighted by Gasteiger charge is 2.23. The molecule has 0 saturated carbocycles. The summed E-state index contributed by atoms with van der Waals surface area (Å²) >= 11 is 1.41. The summed E-state index contributed by atoms with van der Waals surface area (Å²) in [6, 6.07) is 23.4. The normalized spacial score (nSPS) is 11.8. The lowest BCUT2D eigenvalue weighted by Crippen LogP contribution is -2.24. The van der Waals surface area contributed by atoms with E-state index in [0.717, 1.165) is 32.5 Å². The van der Waals surface area contributed by atoms with Gasteiger partial charge in [-0.1, -0.05) is 72.0 Å². The van der Waals surface area contributed by atoms with Gasteiger partial charge in [-0.25, -0.2) is 0 Å². The Hall–Kier alpha value is -3.51. The van der Waals surface area contributed by atoms with Gasteiger partial charge in [0.15, 0.2) is 4.80 Å². The quantitative estimate of drug-likeness (QED) is 0.376. The Kier molecular flexibility index (Phi) is 6.84. The summed E-state index contributed by atoms with van der Waals surface area (Å²) in [5, 5.41) is 0. The van der Waals surface area contributed by atoms with Crippen LogP contribution < -0.4 is 4.80 Å². The van der Waals surface area contributed by atoms with Gasteiger partial charge in [0, 0.05) is 0 Å². The van der Waals surface area contributed by atoms with Crippen LogP contribution in [0.4, 0.5) is 0 Å². The number of nitrogens with zero attached hydrogens (tertiary/aromatic N) is 2. The lowest BCUT2D eigenvalue weighted by molar-refractivity contribution is -0.143. The Labute approximate surface area is 197 Å². The number of amides is 1. The summed E-state index contributed by atoms with van der Waals surface area (Å²) in [4.78, 5) is 31.0. The molecule has 0 aliphatic heterocycles. The third-order valence-corrected chi connectivity index (χ3v) is 6.65. The van der Waals surface area contributed by atoms with Crippen molar-refractivity contribution in [3.05, 3.63) is 99.9 Å². The zero-order chi connectivity index (χ0) is 23.4. The van der Waals surface area contributed by atoms with Crippen LogP contribution in [0.3, 0.4) is 0 Å². The Morgan fingerprint density at radius 3 is 2.09 bits per heavy atom. The number of thiazole rings is 1. The number of esters is 1. The second kappa shape index (κ2) is 9.96. The topological polar surface area (TPSA) is 60.7 Å². The average molecular weight is 459 g/mol. The van der Waals surface area contributed by atoms with E-state index in [1.807, 2.05) is 80.6 Å². The smallest absolute Gasteiger partial charge is 0.326 e. The molecule has 6 heteroatoms. The van der Waals surface area contributed by atoms with Gasteiger partial charge < -0.3 is 9.30 Å². The first-order valence-corrected chi connectivity index (χ1v) is 11.7. The molecule has 1 amide bonds. The van der Waals surface area contributed by atoms with Gasteiger partial charge in [0.25, 0.3) is 5.91 Å². The molecule has 0 bridgehead atoms. The van der Waals surface area contributed by atoms with Crippen molar-refractivity contribution in [1.82, 2.24) is 4.57 Å². The fourth-order valence-corrected chi connectivity index (χ4v) is 4.94. The van der Waals surface area contributed by atoms with Crippen molar-refractivity contribution in [2.45, 2.75) is 33.2 Å². The van der Waals surface area contributed by atoms with Crippen molar-refractivity contribution >= 4 is 33.4 Å². The maximum Gasteiger partial charge on any atom is 0.326 e. The van der Waals surface area contributed by atoms with Gasteiger partial charge in [-0.05, 0) is 55.2 Å². The molecule has 1 heterocycles. The zero-order valence-corrected chi connectivity index (χ0v) is 19.8. The molecule has 3 aromatic carbocycles. The van der Waals surface area contributed by atoms with Gasteiger partial charge in [0.1, 0.15) is 6.54 Å². The predicted octanol–water partition coefficient (Wildman–Crippen LogP) is 5.14. The molecule has 4 aromatic rings. The first-order valence-electron chi connectivity index (χ1n) is 10.9. The van der Waals surface area contributed by atoms with Gasteiger partial charge in [-0.15, -0.1) is 0 Å². The number of hydrogen-bond donors (Lipinski definition) is 0. The molecule has 0 atom stereocenters. The van der Waals surface area contributed by atoms with E-state index in [-0.39, 0.29) is 18.4 Å². The molecule has 168 valence electrons. The van der Waals surface area contributed by atoms with Crippen LogP contribution in [0.5, 0.6) is 0 Å². The number of hydrogen-bond acceptors (Lipinski definition) is 4. The molecular formula is C27H26N2O3S. The second-order valence-corrected chi connectivity index (χ2v) is 8.89. The van der Waals surface area contributed by atoms with Gasteiger partial charge in [0.2, 0.25) is 0 Å². The first-order chi connectivity index (χ1) is 16.0. The largest absolute Gasteiger partial charge is 0.465 e. The molecule has 0 aliphatic carbocycles. The number of ether oxygens (including phenoxy) is 1. The van der Waals surface area contributed by atoms with Crippen molar-refractivity contribution in [2.75, 3.05) is 6.61 Å². The van der Waals surface area contributed by atoms with Gasteiger partial charge >= 0.3 is 5.97 Å². The summed E-state index contributed by atoms with van der Waals surface area (Å²) in [6.45, 7) is 6.16. The molecule has 0 N–H and O–H groups in total. The molecule has 0 fully saturated rings. The third kappa shape index (κ3) is 4.96. The van der Waals surface area contributed by atoms with Crippen molar-refractivity contribution < 1.29 is 14.3 Å². The standard InChI is InChI=1S/C27H26N2O3S/c1-4-32-24(30)17-29-22-15-18(2)19(3)16-23(22)33-27(29)28-26(31)25(20-11-7-5-8-12-20)21-13-9-6-10-14-21/h5-16,25H,4,17H2,1-3H3. The van der Waals surface area contributed by atoms with Crippen molar-refractivity contribution in [3.63, 3.8) is 0 Å². The summed E-state index contributed by atoms with van der Waals surface area (Å²) < 4.78 is 7.95. The van der Waals surface area contributed by atoms with E-state index in [4.69, 9.17) is 4.74 Å². The van der Waals surface area contributed by atoms with Crippen LogP contribution in [0.2, 0.25) is 0 Å². The SMILES string of the molecule is CCOC(=O)Cn1c(=NC(=O)C(c2ccccc2)c2ccccc2)sc2cc(C)c(C)cc21. The Bertz CT molecular complexity index is 1320. The highest BCUT2D eigenvalue weighted by atomic mass is 32.1. The fourth-order valence-electron chi connectivity index (χ4n) is 3.82. The molecule has 33 heavy (non-hydrogen) atoms. The van der Waals surface area contributed by atoms with E-state index in [1.165, 1.54) is 11.3 Å². The van der Waals surface area contributed by atoms with E-state index in [2.05, 4.69) is 11.1 Å². The summed E-state index contributed by atoms with van der Waals surface area (Å²) in [5.74, 6) is -1.16. The Morgan fingerprint density at radius 2 is 1.52 bits per heavy atom. The van der Waals surface area contributed by atoms with Gasteiger partial charge in [0.05, 0.1) is 22.7 Å². The fraction of sp³-hybridized carbons (Fsp3) is 0.222. The van der Waals surface area contributed by atoms with E-state index in [0.29, 0.717) is 11.4 Å². The molecule has 4 rings (SSSR count). The lowest BCUT2D eigenvalue weighted by Gasteiger charge is -2.14. The molecule has 1 aromatic heterocycles. The van der Waals surface area contributed by atoms with Crippen LogP contribution in [-0.4, -0.2) is 23.1 Å². The first kappa shape index (κ1) is 22.7. The monoisotopic (exact) mass is 458 g/mol. The zero-order valence-electron chi connectivity index (χ0n) is 18.9. The van der Waals surface area contributed by atoms with Crippen LogP contribution >= 0.6 is 11.3 Å². The van der Waals surface area contributed by atoms with Crippen LogP contribution in [-0.2, 0) is 20.9 Å². The number of aromatic nitrogens is 1. The van der Waals surface area contributed by atoms with E-state index >= 15 is 0 Å². The summed E-state index contributed by atoms with van der Waals surface area (Å²) in [7, 11) is 0. The number of carbonyl (C=O) groups is 2. The van der Waals surface area contributed by atoms with Gasteiger partial charge in [-0.3, -0.25) is 9.59 Å². The maximum absolute atomic E-state index is 13.6. The minimum Gasteiger partial charge on any atom is -0.465 e. The number of benzene rings is 3. The number of carbonyl (C=O) groups excluding carboxylic acids is 2. The number of fused-ring (bicyclic) bond motifs is 1. The van der Waals surface area contributed by atoms with Crippen LogP contribution in [0.25, 0.3) is 10.2 Å². The van der Waals surface area contributed by atoms with Crippen molar-refractivity contribution in [2.24, 2.45) is 4.99 Å². The van der Waals surface area contributed by atoms with Gasteiger partial charge in [-0.2, -0.15) is 4.99 Å². The minimum absolute atomic E-state index is 0.00376. The molecule has 5 nitrogen and oxygen atoms in total. The third-order valence-electron chi connectivity index (χ3n) is 5.61. The molecule has 0 saturated heterocycles. The maximum atomic E-state index is 13.6. The lowest BCUT2D eigenvalue weighted by atomic mass is 9.91. The Balaban J connectivity index is 1.87. The summed E-state index contributed by atoms with van der Waals surface area (Å²) in [5.41, 5.74) is 4.89. The predicted molar refractivity (Wildman–Crippen MR) is 131 cm³/mol. The highest BCUT2D eigenvalue weighted by molar-refractivity contribution is 7.16. The van der Waals surface area contributed by atoms with Crippen LogP contribution in [0.1, 0.15) is 35.1 Å². The number of aryl methyl sites for hydroxylation is 2. The Morgan fingerprint density at radius 1 is 0.939 bits per heavy atom. The summed E-state index contributed by atoms with van der Waals surface area (Å²) in [6.07, 6.45) is 0. The van der Waals surface area contributed by atoms with E-state index in [9.17, 15) is 9.59 Å². The molecular weight excluding hydrogens is 432 g/mol. The van der Waals surface area contributed by atoms with E-state index in [1.54, 1.807) is 11.5 Å². The van der Waals surface area contributed by atoms with Crippen molar-refractivity contribution in [1.29, 1.82) is 0 Å². The van der Waals surface area contributed by atoms with Crippen molar-refractivity contribution in [3.8, 4) is 0 Å². The minimum atomic E-state index is -0.530. The van der Waals surface area contributed by atoms with Crippen LogP contribution in [0, 0.1) is 13.8 Å². The average Bonchev–Trinajstić information content (AvgIpc) is 3.11.